The van der Waals surface area contributed by atoms with Gasteiger partial charge < -0.3 is 14.8 Å². The first kappa shape index (κ1) is 17.7. The molecule has 2 aromatic rings. The van der Waals surface area contributed by atoms with Gasteiger partial charge in [-0.15, -0.1) is 11.3 Å². The van der Waals surface area contributed by atoms with Crippen LogP contribution in [0.15, 0.2) is 24.3 Å². The number of esters is 1. The summed E-state index contributed by atoms with van der Waals surface area (Å²) in [5.41, 5.74) is 0.847. The van der Waals surface area contributed by atoms with E-state index in [9.17, 15) is 9.59 Å². The smallest absolute Gasteiger partial charge is 0.357 e. The fourth-order valence-corrected chi connectivity index (χ4v) is 2.90. The highest BCUT2D eigenvalue weighted by Crippen LogP contribution is 2.30. The third-order valence-corrected chi connectivity index (χ3v) is 4.40. The van der Waals surface area contributed by atoms with Crippen LogP contribution in [0, 0.1) is 0 Å². The summed E-state index contributed by atoms with van der Waals surface area (Å²) in [5, 5.41) is 5.66. The van der Waals surface area contributed by atoms with Crippen LogP contribution in [-0.2, 0) is 4.74 Å². The van der Waals surface area contributed by atoms with Crippen molar-refractivity contribution in [2.24, 2.45) is 0 Å². The van der Waals surface area contributed by atoms with Gasteiger partial charge in [0.2, 0.25) is 0 Å². The van der Waals surface area contributed by atoms with Crippen LogP contribution in [-0.4, -0.2) is 31.2 Å². The molecule has 1 aromatic carbocycles. The second kappa shape index (κ2) is 7.78. The van der Waals surface area contributed by atoms with E-state index in [2.05, 4.69) is 15.6 Å². The lowest BCUT2D eigenvalue weighted by atomic mass is 10.1. The number of thiazole rings is 1. The molecule has 2 amide bonds. The highest BCUT2D eigenvalue weighted by atomic mass is 32.1. The number of urea groups is 1. The Balaban J connectivity index is 2.09. The van der Waals surface area contributed by atoms with Crippen molar-refractivity contribution in [3.63, 3.8) is 0 Å². The summed E-state index contributed by atoms with van der Waals surface area (Å²) < 4.78 is 9.79. The van der Waals surface area contributed by atoms with Gasteiger partial charge >= 0.3 is 12.0 Å². The summed E-state index contributed by atoms with van der Waals surface area (Å²) in [7, 11) is 2.87. The molecule has 0 saturated carbocycles. The zero-order valence-corrected chi connectivity index (χ0v) is 14.7. The molecule has 0 aliphatic carbocycles. The SMILES string of the molecule is COC(=O)c1nc(NC(=O)Nc2ccc(OC)cc2)sc1C(C)C. The number of benzene rings is 1. The number of ether oxygens (including phenoxy) is 2. The molecule has 0 aliphatic rings. The second-order valence-corrected chi connectivity index (χ2v) is 6.22. The van der Waals surface area contributed by atoms with Gasteiger partial charge in [0.05, 0.1) is 14.2 Å². The Morgan fingerprint density at radius 3 is 2.33 bits per heavy atom. The number of hydrogen-bond acceptors (Lipinski definition) is 6. The number of methoxy groups -OCH3 is 2. The molecule has 8 heteroatoms. The fraction of sp³-hybridized carbons (Fsp3) is 0.312. The first-order chi connectivity index (χ1) is 11.4. The van der Waals surface area contributed by atoms with Crippen molar-refractivity contribution in [1.82, 2.24) is 4.98 Å². The monoisotopic (exact) mass is 349 g/mol. The average Bonchev–Trinajstić information content (AvgIpc) is 2.98. The van der Waals surface area contributed by atoms with Crippen LogP contribution in [0.1, 0.15) is 35.1 Å². The van der Waals surface area contributed by atoms with Crippen molar-refractivity contribution >= 4 is 34.2 Å². The van der Waals surface area contributed by atoms with Crippen LogP contribution in [0.2, 0.25) is 0 Å². The first-order valence-corrected chi connectivity index (χ1v) is 8.07. The maximum Gasteiger partial charge on any atom is 0.357 e. The third-order valence-electron chi connectivity index (χ3n) is 3.12. The number of hydrogen-bond donors (Lipinski definition) is 2. The number of amides is 2. The van der Waals surface area contributed by atoms with Gasteiger partial charge in [-0.25, -0.2) is 14.6 Å². The summed E-state index contributed by atoms with van der Waals surface area (Å²) in [5.74, 6) is 0.278. The maximum atomic E-state index is 12.1. The molecular weight excluding hydrogens is 330 g/mol. The van der Waals surface area contributed by atoms with Crippen molar-refractivity contribution < 1.29 is 19.1 Å². The molecule has 0 atom stereocenters. The summed E-state index contributed by atoms with van der Waals surface area (Å²) in [6.45, 7) is 3.89. The van der Waals surface area contributed by atoms with Gasteiger partial charge in [0.25, 0.3) is 0 Å². The molecule has 0 aliphatic heterocycles. The molecule has 0 bridgehead atoms. The van der Waals surface area contributed by atoms with Gasteiger partial charge in [-0.1, -0.05) is 13.8 Å². The van der Waals surface area contributed by atoms with E-state index in [1.54, 1.807) is 31.4 Å². The molecule has 2 N–H and O–H groups in total. The Labute approximate surface area is 144 Å². The van der Waals surface area contributed by atoms with Crippen molar-refractivity contribution in [2.45, 2.75) is 19.8 Å². The summed E-state index contributed by atoms with van der Waals surface area (Å²) >= 11 is 1.25. The third kappa shape index (κ3) is 4.23. The number of anilines is 2. The van der Waals surface area contributed by atoms with Crippen LogP contribution >= 0.6 is 11.3 Å². The summed E-state index contributed by atoms with van der Waals surface area (Å²) in [6, 6.07) is 6.48. The van der Waals surface area contributed by atoms with E-state index >= 15 is 0 Å². The molecule has 0 fully saturated rings. The van der Waals surface area contributed by atoms with Gasteiger partial charge in [0.15, 0.2) is 10.8 Å². The Hall–Kier alpha value is -2.61. The molecule has 2 rings (SSSR count). The Morgan fingerprint density at radius 2 is 1.79 bits per heavy atom. The molecule has 0 unspecified atom stereocenters. The molecule has 1 aromatic heterocycles. The minimum atomic E-state index is -0.515. The van der Waals surface area contributed by atoms with Gasteiger partial charge in [0.1, 0.15) is 5.75 Å². The number of carbonyl (C=O) groups is 2. The first-order valence-electron chi connectivity index (χ1n) is 7.25. The van der Waals surface area contributed by atoms with Crippen LogP contribution in [0.4, 0.5) is 15.6 Å². The predicted octanol–water partition coefficient (Wildman–Crippen LogP) is 3.71. The summed E-state index contributed by atoms with van der Waals surface area (Å²) in [4.78, 5) is 28.8. The Bertz CT molecular complexity index is 725. The van der Waals surface area contributed by atoms with E-state index in [0.717, 1.165) is 4.88 Å². The van der Waals surface area contributed by atoms with E-state index < -0.39 is 12.0 Å². The van der Waals surface area contributed by atoms with Crippen molar-refractivity contribution in [3.8, 4) is 5.75 Å². The number of carbonyl (C=O) groups excluding carboxylic acids is 2. The van der Waals surface area contributed by atoms with E-state index in [1.165, 1.54) is 18.4 Å². The quantitative estimate of drug-likeness (QED) is 0.803. The average molecular weight is 349 g/mol. The lowest BCUT2D eigenvalue weighted by molar-refractivity contribution is 0.0593. The van der Waals surface area contributed by atoms with Crippen LogP contribution in [0.5, 0.6) is 5.75 Å². The minimum Gasteiger partial charge on any atom is -0.497 e. The minimum absolute atomic E-state index is 0.0943. The zero-order chi connectivity index (χ0) is 17.7. The Morgan fingerprint density at radius 1 is 1.12 bits per heavy atom. The largest absolute Gasteiger partial charge is 0.497 e. The van der Waals surface area contributed by atoms with Gasteiger partial charge in [0, 0.05) is 10.6 Å². The molecular formula is C16H19N3O4S. The number of nitrogens with zero attached hydrogens (tertiary/aromatic N) is 1. The second-order valence-electron chi connectivity index (χ2n) is 5.19. The van der Waals surface area contributed by atoms with Gasteiger partial charge in [-0.2, -0.15) is 0 Å². The lowest BCUT2D eigenvalue weighted by Gasteiger charge is -2.06. The molecule has 0 saturated heterocycles. The van der Waals surface area contributed by atoms with Crippen LogP contribution in [0.25, 0.3) is 0 Å². The predicted molar refractivity (Wildman–Crippen MR) is 93.2 cm³/mol. The van der Waals surface area contributed by atoms with Crippen LogP contribution in [0.3, 0.4) is 0 Å². The molecule has 0 radical (unpaired) electrons. The standard InChI is InChI=1S/C16H19N3O4S/c1-9(2)13-12(14(20)23-4)18-16(24-13)19-15(21)17-10-5-7-11(22-3)8-6-10/h5-9H,1-4H3,(H2,17,18,19,21). The molecule has 24 heavy (non-hydrogen) atoms. The van der Waals surface area contributed by atoms with E-state index in [0.29, 0.717) is 16.6 Å². The maximum absolute atomic E-state index is 12.1. The van der Waals surface area contributed by atoms with Gasteiger partial charge in [-0.3, -0.25) is 5.32 Å². The fourth-order valence-electron chi connectivity index (χ4n) is 1.95. The molecule has 1 heterocycles. The molecule has 0 spiro atoms. The Kier molecular flexibility index (Phi) is 5.75. The highest BCUT2D eigenvalue weighted by molar-refractivity contribution is 7.16. The molecule has 7 nitrogen and oxygen atoms in total. The number of rotatable bonds is 5. The zero-order valence-electron chi connectivity index (χ0n) is 13.9. The van der Waals surface area contributed by atoms with Crippen molar-refractivity contribution in [2.75, 3.05) is 24.9 Å². The van der Waals surface area contributed by atoms with Crippen molar-refractivity contribution in [1.29, 1.82) is 0 Å². The summed E-state index contributed by atoms with van der Waals surface area (Å²) in [6.07, 6.45) is 0. The van der Waals surface area contributed by atoms with E-state index in [4.69, 9.17) is 9.47 Å². The van der Waals surface area contributed by atoms with E-state index in [-0.39, 0.29) is 11.6 Å². The number of nitrogens with one attached hydrogen (secondary N) is 2. The van der Waals surface area contributed by atoms with Crippen LogP contribution < -0.4 is 15.4 Å². The lowest BCUT2D eigenvalue weighted by Crippen LogP contribution is -2.19. The van der Waals surface area contributed by atoms with Gasteiger partial charge in [-0.05, 0) is 30.2 Å². The normalized spacial score (nSPS) is 10.4. The van der Waals surface area contributed by atoms with E-state index in [1.807, 2.05) is 13.8 Å². The highest BCUT2D eigenvalue weighted by Gasteiger charge is 2.21. The topological polar surface area (TPSA) is 89.5 Å². The number of aromatic nitrogens is 1. The molecule has 128 valence electrons. The van der Waals surface area contributed by atoms with Crippen molar-refractivity contribution in [3.05, 3.63) is 34.8 Å².